The van der Waals surface area contributed by atoms with Gasteiger partial charge in [-0.2, -0.15) is 9.97 Å². The van der Waals surface area contributed by atoms with Gasteiger partial charge in [-0.1, -0.05) is 39.5 Å². The maximum absolute atomic E-state index is 6.30. The molecule has 1 aliphatic heterocycles. The number of hydrazine groups is 1. The number of anilines is 1. The summed E-state index contributed by atoms with van der Waals surface area (Å²) in [7, 11) is 0. The zero-order chi connectivity index (χ0) is 21.6. The monoisotopic (exact) mass is 448 g/mol. The summed E-state index contributed by atoms with van der Waals surface area (Å²) in [5.41, 5.74) is 5.15. The van der Waals surface area contributed by atoms with Crippen molar-refractivity contribution in [2.75, 3.05) is 25.1 Å². The van der Waals surface area contributed by atoms with Crippen molar-refractivity contribution in [2.24, 2.45) is 5.92 Å². The highest BCUT2D eigenvalue weighted by Gasteiger charge is 2.28. The lowest BCUT2D eigenvalue weighted by atomic mass is 9.89. The van der Waals surface area contributed by atoms with E-state index >= 15 is 0 Å². The molecule has 2 aliphatic rings. The standard InChI is InChI=1S/C23H37ClN6O/c1-3-5-15-31-19(8-4-2)17-11-13-29(14-12-17)28-21-20-22(27-23(24)26-21)30(16-25-20)18-9-6-7-10-18/h16-19H,3-15H2,1-2H3,(H,26,27,28). The van der Waals surface area contributed by atoms with Crippen LogP contribution in [-0.4, -0.2) is 50.3 Å². The van der Waals surface area contributed by atoms with Gasteiger partial charge in [0.1, 0.15) is 0 Å². The molecule has 1 saturated carbocycles. The van der Waals surface area contributed by atoms with Gasteiger partial charge in [-0.05, 0) is 56.0 Å². The number of aromatic nitrogens is 4. The van der Waals surface area contributed by atoms with Gasteiger partial charge in [0.2, 0.25) is 5.28 Å². The number of piperidine rings is 1. The first kappa shape index (κ1) is 22.7. The van der Waals surface area contributed by atoms with Crippen LogP contribution in [0.3, 0.4) is 0 Å². The number of imidazole rings is 1. The molecule has 8 heteroatoms. The third kappa shape index (κ3) is 5.49. The fourth-order valence-electron chi connectivity index (χ4n) is 5.07. The van der Waals surface area contributed by atoms with Crippen molar-refractivity contribution in [2.45, 2.75) is 90.2 Å². The van der Waals surface area contributed by atoms with E-state index in [-0.39, 0.29) is 5.28 Å². The molecule has 1 aliphatic carbocycles. The summed E-state index contributed by atoms with van der Waals surface area (Å²) in [5.74, 6) is 1.35. The molecule has 172 valence electrons. The SMILES string of the molecule is CCCCOC(CCC)C1CCN(Nc2nc(Cl)nc3c2ncn3C2CCCC2)CC1. The Morgan fingerprint density at radius 2 is 1.90 bits per heavy atom. The Hall–Kier alpha value is -1.44. The van der Waals surface area contributed by atoms with Crippen molar-refractivity contribution in [1.82, 2.24) is 24.5 Å². The molecule has 2 fully saturated rings. The third-order valence-electron chi connectivity index (χ3n) is 6.84. The van der Waals surface area contributed by atoms with Crippen LogP contribution in [0.1, 0.15) is 84.1 Å². The number of unbranched alkanes of at least 4 members (excludes halogenated alkanes) is 1. The van der Waals surface area contributed by atoms with Crippen LogP contribution >= 0.6 is 11.6 Å². The van der Waals surface area contributed by atoms with Crippen LogP contribution in [0.15, 0.2) is 6.33 Å². The molecule has 1 unspecified atom stereocenters. The van der Waals surface area contributed by atoms with Gasteiger partial charge in [0.15, 0.2) is 17.0 Å². The fraction of sp³-hybridized carbons (Fsp3) is 0.783. The lowest BCUT2D eigenvalue weighted by Gasteiger charge is -2.36. The first-order valence-corrected chi connectivity index (χ1v) is 12.6. The molecule has 1 saturated heterocycles. The molecule has 7 nitrogen and oxygen atoms in total. The Morgan fingerprint density at radius 1 is 1.13 bits per heavy atom. The van der Waals surface area contributed by atoms with E-state index in [1.807, 2.05) is 6.33 Å². The quantitative estimate of drug-likeness (QED) is 0.376. The van der Waals surface area contributed by atoms with Gasteiger partial charge in [-0.15, -0.1) is 0 Å². The number of hydrogen-bond acceptors (Lipinski definition) is 6. The topological polar surface area (TPSA) is 68.1 Å². The highest BCUT2D eigenvalue weighted by Crippen LogP contribution is 2.33. The second-order valence-electron chi connectivity index (χ2n) is 9.09. The number of nitrogens with one attached hydrogen (secondary N) is 1. The minimum Gasteiger partial charge on any atom is -0.378 e. The zero-order valence-corrected chi connectivity index (χ0v) is 19.8. The summed E-state index contributed by atoms with van der Waals surface area (Å²) in [6.45, 7) is 7.29. The van der Waals surface area contributed by atoms with Crippen LogP contribution < -0.4 is 5.43 Å². The second-order valence-corrected chi connectivity index (χ2v) is 9.43. The third-order valence-corrected chi connectivity index (χ3v) is 7.01. The molecular formula is C23H37ClN6O. The second kappa shape index (κ2) is 10.9. The van der Waals surface area contributed by atoms with E-state index in [0.29, 0.717) is 18.1 Å². The maximum Gasteiger partial charge on any atom is 0.226 e. The van der Waals surface area contributed by atoms with Crippen molar-refractivity contribution in [3.8, 4) is 0 Å². The Balaban J connectivity index is 1.40. The molecule has 2 aromatic rings. The zero-order valence-electron chi connectivity index (χ0n) is 19.0. The lowest BCUT2D eigenvalue weighted by molar-refractivity contribution is -0.0135. The van der Waals surface area contributed by atoms with Crippen LogP contribution in [0.5, 0.6) is 0 Å². The molecule has 0 amide bonds. The van der Waals surface area contributed by atoms with Gasteiger partial charge in [-0.3, -0.25) is 0 Å². The first-order chi connectivity index (χ1) is 15.2. The summed E-state index contributed by atoms with van der Waals surface area (Å²) in [5, 5.41) is 2.52. The Labute approximate surface area is 190 Å². The van der Waals surface area contributed by atoms with Crippen LogP contribution in [0, 0.1) is 5.92 Å². The van der Waals surface area contributed by atoms with E-state index in [4.69, 9.17) is 16.3 Å². The number of fused-ring (bicyclic) bond motifs is 1. The largest absolute Gasteiger partial charge is 0.378 e. The lowest BCUT2D eigenvalue weighted by Crippen LogP contribution is -2.41. The number of nitrogens with zero attached hydrogens (tertiary/aromatic N) is 5. The van der Waals surface area contributed by atoms with Gasteiger partial charge in [-0.25, -0.2) is 9.99 Å². The highest BCUT2D eigenvalue weighted by atomic mass is 35.5. The van der Waals surface area contributed by atoms with E-state index in [1.165, 1.54) is 38.5 Å². The number of halogens is 1. The molecule has 3 heterocycles. The van der Waals surface area contributed by atoms with Gasteiger partial charge in [0, 0.05) is 25.7 Å². The number of hydrogen-bond donors (Lipinski definition) is 1. The predicted molar refractivity (Wildman–Crippen MR) is 125 cm³/mol. The highest BCUT2D eigenvalue weighted by molar-refractivity contribution is 6.28. The minimum absolute atomic E-state index is 0.275. The molecule has 0 spiro atoms. The van der Waals surface area contributed by atoms with Crippen LogP contribution in [0.25, 0.3) is 11.2 Å². The number of ether oxygens (including phenoxy) is 1. The molecule has 4 rings (SSSR count). The van der Waals surface area contributed by atoms with E-state index < -0.39 is 0 Å². The van der Waals surface area contributed by atoms with Gasteiger partial charge < -0.3 is 14.7 Å². The molecule has 2 aromatic heterocycles. The summed E-state index contributed by atoms with van der Waals surface area (Å²) in [6.07, 6.45) is 14.1. The van der Waals surface area contributed by atoms with Crippen molar-refractivity contribution in [3.05, 3.63) is 11.6 Å². The predicted octanol–water partition coefficient (Wildman–Crippen LogP) is 5.62. The van der Waals surface area contributed by atoms with Crippen LogP contribution in [0.2, 0.25) is 5.28 Å². The van der Waals surface area contributed by atoms with E-state index in [9.17, 15) is 0 Å². The Bertz CT molecular complexity index is 829. The van der Waals surface area contributed by atoms with Gasteiger partial charge >= 0.3 is 0 Å². The van der Waals surface area contributed by atoms with Crippen LogP contribution in [-0.2, 0) is 4.74 Å². The molecule has 1 atom stereocenters. The fourth-order valence-corrected chi connectivity index (χ4v) is 5.23. The smallest absolute Gasteiger partial charge is 0.226 e. The van der Waals surface area contributed by atoms with Crippen molar-refractivity contribution in [3.63, 3.8) is 0 Å². The van der Waals surface area contributed by atoms with Crippen molar-refractivity contribution < 1.29 is 4.74 Å². The van der Waals surface area contributed by atoms with E-state index in [1.54, 1.807) is 0 Å². The van der Waals surface area contributed by atoms with Gasteiger partial charge in [0.25, 0.3) is 0 Å². The maximum atomic E-state index is 6.30. The summed E-state index contributed by atoms with van der Waals surface area (Å²) >= 11 is 6.30. The molecule has 0 bridgehead atoms. The van der Waals surface area contributed by atoms with Crippen molar-refractivity contribution in [1.29, 1.82) is 0 Å². The summed E-state index contributed by atoms with van der Waals surface area (Å²) in [6, 6.07) is 0.475. The Morgan fingerprint density at radius 3 is 2.61 bits per heavy atom. The first-order valence-electron chi connectivity index (χ1n) is 12.2. The molecule has 0 radical (unpaired) electrons. The van der Waals surface area contributed by atoms with E-state index in [2.05, 4.69) is 43.8 Å². The number of rotatable bonds is 10. The molecule has 31 heavy (non-hydrogen) atoms. The van der Waals surface area contributed by atoms with E-state index in [0.717, 1.165) is 62.4 Å². The van der Waals surface area contributed by atoms with Crippen molar-refractivity contribution >= 4 is 28.6 Å². The molecule has 0 aromatic carbocycles. The normalized spacial score (nSPS) is 20.0. The molecule has 1 N–H and O–H groups in total. The Kier molecular flexibility index (Phi) is 8.02. The van der Waals surface area contributed by atoms with Crippen LogP contribution in [0.4, 0.5) is 5.82 Å². The minimum atomic E-state index is 0.275. The summed E-state index contributed by atoms with van der Waals surface area (Å²) in [4.78, 5) is 13.6. The van der Waals surface area contributed by atoms with Gasteiger partial charge in [0.05, 0.1) is 12.4 Å². The average molecular weight is 449 g/mol. The molecular weight excluding hydrogens is 412 g/mol. The average Bonchev–Trinajstić information content (AvgIpc) is 3.43. The summed E-state index contributed by atoms with van der Waals surface area (Å²) < 4.78 is 8.44.